The molecule has 0 atom stereocenters. The van der Waals surface area contributed by atoms with Gasteiger partial charge in [0.2, 0.25) is 0 Å². The van der Waals surface area contributed by atoms with Crippen LogP contribution in [0.4, 0.5) is 5.82 Å². The van der Waals surface area contributed by atoms with Crippen LogP contribution in [0.2, 0.25) is 0 Å². The fourth-order valence-electron chi connectivity index (χ4n) is 3.41. The molecular formula is C24H29N2O3P. The zero-order valence-electron chi connectivity index (χ0n) is 17.5. The number of aryl methyl sites for hydroxylation is 1. The summed E-state index contributed by atoms with van der Waals surface area (Å²) >= 11 is 0. The summed E-state index contributed by atoms with van der Waals surface area (Å²) in [5.41, 5.74) is 5.51. The highest BCUT2D eigenvalue weighted by atomic mass is 31.2. The molecule has 0 fully saturated rings. The van der Waals surface area contributed by atoms with Crippen LogP contribution in [0.15, 0.2) is 66.7 Å². The van der Waals surface area contributed by atoms with Crippen LogP contribution in [-0.2, 0) is 11.0 Å². The molecule has 0 amide bonds. The van der Waals surface area contributed by atoms with Crippen LogP contribution in [0.5, 0.6) is 0 Å². The quantitative estimate of drug-likeness (QED) is 0.357. The van der Waals surface area contributed by atoms with Gasteiger partial charge >= 0.3 is 7.60 Å². The lowest BCUT2D eigenvalue weighted by Gasteiger charge is -2.20. The first-order chi connectivity index (χ1) is 14.4. The predicted molar refractivity (Wildman–Crippen MR) is 124 cm³/mol. The van der Waals surface area contributed by atoms with Gasteiger partial charge in [0, 0.05) is 30.9 Å². The highest BCUT2D eigenvalue weighted by Crippen LogP contribution is 2.35. The van der Waals surface area contributed by atoms with Crippen LogP contribution < -0.4 is 4.90 Å². The molecule has 0 saturated heterocycles. The lowest BCUT2D eigenvalue weighted by atomic mass is 9.98. The zero-order valence-corrected chi connectivity index (χ0v) is 18.4. The molecule has 0 spiro atoms. The molecule has 6 heteroatoms. The average molecular weight is 424 g/mol. The van der Waals surface area contributed by atoms with Crippen molar-refractivity contribution < 1.29 is 14.4 Å². The molecule has 30 heavy (non-hydrogen) atoms. The first-order valence-electron chi connectivity index (χ1n) is 10.3. The fourth-order valence-corrected chi connectivity index (χ4v) is 4.05. The van der Waals surface area contributed by atoms with Crippen molar-refractivity contribution in [3.8, 4) is 22.4 Å². The average Bonchev–Trinajstić information content (AvgIpc) is 2.76. The summed E-state index contributed by atoms with van der Waals surface area (Å²) in [6.07, 6.45) is 2.12. The Morgan fingerprint density at radius 1 is 0.900 bits per heavy atom. The Labute approximate surface area is 178 Å². The molecule has 2 aromatic carbocycles. The van der Waals surface area contributed by atoms with Crippen molar-refractivity contribution in [1.82, 2.24) is 4.98 Å². The van der Waals surface area contributed by atoms with Crippen LogP contribution in [-0.4, -0.2) is 34.5 Å². The number of benzene rings is 2. The number of pyridine rings is 1. The van der Waals surface area contributed by atoms with E-state index < -0.39 is 7.60 Å². The molecule has 0 unspecified atom stereocenters. The van der Waals surface area contributed by atoms with Gasteiger partial charge in [0.25, 0.3) is 0 Å². The van der Waals surface area contributed by atoms with Crippen molar-refractivity contribution in [2.45, 2.75) is 26.2 Å². The normalized spacial score (nSPS) is 11.5. The number of nitrogens with zero attached hydrogens (tertiary/aromatic N) is 2. The summed E-state index contributed by atoms with van der Waals surface area (Å²) in [6.45, 7) is 2.84. The third-order valence-electron chi connectivity index (χ3n) is 5.18. The van der Waals surface area contributed by atoms with Gasteiger partial charge in [-0.25, -0.2) is 4.98 Å². The third-order valence-corrected chi connectivity index (χ3v) is 6.08. The summed E-state index contributed by atoms with van der Waals surface area (Å²) in [6, 6.07) is 22.9. The van der Waals surface area contributed by atoms with E-state index in [2.05, 4.69) is 49.4 Å². The Balaban J connectivity index is 1.87. The maximum atomic E-state index is 11.0. The predicted octanol–water partition coefficient (Wildman–Crippen LogP) is 5.37. The third kappa shape index (κ3) is 6.02. The standard InChI is InChI=1S/C24H29N2O3P/c1-3-19-11-13-20(14-12-19)22-15-16-23(25-24(22)21-9-5-4-6-10-21)26(2)17-7-8-18-30(27,28)29/h4-6,9-16H,3,7-8,17-18H2,1-2H3,(H2,27,28,29). The van der Waals surface area contributed by atoms with Crippen LogP contribution in [0, 0.1) is 0 Å². The van der Waals surface area contributed by atoms with E-state index in [1.807, 2.05) is 36.2 Å². The van der Waals surface area contributed by atoms with E-state index in [0.29, 0.717) is 19.4 Å². The summed E-state index contributed by atoms with van der Waals surface area (Å²) in [5, 5.41) is 0. The topological polar surface area (TPSA) is 73.7 Å². The second kappa shape index (κ2) is 10.0. The van der Waals surface area contributed by atoms with Gasteiger partial charge in [0.15, 0.2) is 0 Å². The molecular weight excluding hydrogens is 395 g/mol. The summed E-state index contributed by atoms with van der Waals surface area (Å²) < 4.78 is 11.0. The number of anilines is 1. The van der Waals surface area contributed by atoms with Gasteiger partial charge in [0.1, 0.15) is 5.82 Å². The number of unbranched alkanes of at least 4 members (excludes halogenated alkanes) is 1. The maximum Gasteiger partial charge on any atom is 0.325 e. The van der Waals surface area contributed by atoms with Crippen molar-refractivity contribution in [3.63, 3.8) is 0 Å². The minimum atomic E-state index is -3.93. The van der Waals surface area contributed by atoms with E-state index in [1.54, 1.807) is 0 Å². The monoisotopic (exact) mass is 424 g/mol. The summed E-state index contributed by atoms with van der Waals surface area (Å²) in [5.74, 6) is 0.846. The largest absolute Gasteiger partial charge is 0.360 e. The number of hydrogen-bond acceptors (Lipinski definition) is 3. The van der Waals surface area contributed by atoms with Crippen molar-refractivity contribution >= 4 is 13.4 Å². The minimum Gasteiger partial charge on any atom is -0.360 e. The highest BCUT2D eigenvalue weighted by molar-refractivity contribution is 7.51. The SMILES string of the molecule is CCc1ccc(-c2ccc(N(C)CCCCP(=O)(O)O)nc2-c2ccccc2)cc1. The molecule has 0 bridgehead atoms. The van der Waals surface area contributed by atoms with E-state index >= 15 is 0 Å². The van der Waals surface area contributed by atoms with Gasteiger partial charge in [-0.1, -0.05) is 61.5 Å². The summed E-state index contributed by atoms with van der Waals surface area (Å²) in [4.78, 5) is 25.0. The zero-order chi connectivity index (χ0) is 21.6. The maximum absolute atomic E-state index is 11.0. The van der Waals surface area contributed by atoms with Gasteiger partial charge in [-0.2, -0.15) is 0 Å². The molecule has 0 aliphatic carbocycles. The van der Waals surface area contributed by atoms with E-state index in [9.17, 15) is 4.57 Å². The molecule has 3 aromatic rings. The van der Waals surface area contributed by atoms with Crippen LogP contribution >= 0.6 is 7.60 Å². The van der Waals surface area contributed by atoms with E-state index in [1.165, 1.54) is 5.56 Å². The molecule has 0 aliphatic rings. The molecule has 0 saturated carbocycles. The van der Waals surface area contributed by atoms with Crippen molar-refractivity contribution in [2.24, 2.45) is 0 Å². The van der Waals surface area contributed by atoms with E-state index in [-0.39, 0.29) is 6.16 Å². The molecule has 1 aromatic heterocycles. The molecule has 1 heterocycles. The van der Waals surface area contributed by atoms with E-state index in [0.717, 1.165) is 34.6 Å². The van der Waals surface area contributed by atoms with Crippen molar-refractivity contribution in [2.75, 3.05) is 24.7 Å². The van der Waals surface area contributed by atoms with Gasteiger partial charge in [-0.15, -0.1) is 0 Å². The molecule has 2 N–H and O–H groups in total. The van der Waals surface area contributed by atoms with Crippen molar-refractivity contribution in [1.29, 1.82) is 0 Å². The molecule has 5 nitrogen and oxygen atoms in total. The van der Waals surface area contributed by atoms with Gasteiger partial charge in [-0.3, -0.25) is 4.57 Å². The van der Waals surface area contributed by atoms with Gasteiger partial charge < -0.3 is 14.7 Å². The Morgan fingerprint density at radius 3 is 2.23 bits per heavy atom. The number of hydrogen-bond donors (Lipinski definition) is 2. The Bertz CT molecular complexity index is 1000. The fraction of sp³-hybridized carbons (Fsp3) is 0.292. The van der Waals surface area contributed by atoms with Gasteiger partial charge in [-0.05, 0) is 42.5 Å². The Kier molecular flexibility index (Phi) is 7.43. The van der Waals surface area contributed by atoms with E-state index in [4.69, 9.17) is 14.8 Å². The first-order valence-corrected chi connectivity index (χ1v) is 12.1. The summed E-state index contributed by atoms with van der Waals surface area (Å²) in [7, 11) is -1.96. The van der Waals surface area contributed by atoms with Crippen LogP contribution in [0.25, 0.3) is 22.4 Å². The molecule has 3 rings (SSSR count). The second-order valence-electron chi connectivity index (χ2n) is 7.50. The lowest BCUT2D eigenvalue weighted by Crippen LogP contribution is -2.20. The van der Waals surface area contributed by atoms with Crippen LogP contribution in [0.1, 0.15) is 25.3 Å². The second-order valence-corrected chi connectivity index (χ2v) is 9.28. The van der Waals surface area contributed by atoms with Crippen LogP contribution in [0.3, 0.4) is 0 Å². The highest BCUT2D eigenvalue weighted by Gasteiger charge is 2.14. The molecule has 0 aliphatic heterocycles. The Hall–Kier alpha value is -2.46. The number of rotatable bonds is 9. The lowest BCUT2D eigenvalue weighted by molar-refractivity contribution is 0.371. The molecule has 0 radical (unpaired) electrons. The molecule has 158 valence electrons. The van der Waals surface area contributed by atoms with Crippen molar-refractivity contribution in [3.05, 3.63) is 72.3 Å². The smallest absolute Gasteiger partial charge is 0.325 e. The minimum absolute atomic E-state index is 0.0732. The van der Waals surface area contributed by atoms with Gasteiger partial charge in [0.05, 0.1) is 5.69 Å². The number of aromatic nitrogens is 1. The Morgan fingerprint density at radius 2 is 1.60 bits per heavy atom. The first kappa shape index (κ1) is 22.2.